The average molecular weight is 346 g/mol. The highest BCUT2D eigenvalue weighted by Crippen LogP contribution is 2.27. The van der Waals surface area contributed by atoms with E-state index in [4.69, 9.17) is 0 Å². The van der Waals surface area contributed by atoms with Crippen molar-refractivity contribution in [3.8, 4) is 22.4 Å². The van der Waals surface area contributed by atoms with Crippen LogP contribution in [0.5, 0.6) is 0 Å². The molecule has 128 valence electrons. The molecule has 4 aromatic rings. The van der Waals surface area contributed by atoms with E-state index in [1.165, 1.54) is 19.1 Å². The first-order chi connectivity index (χ1) is 12.6. The van der Waals surface area contributed by atoms with Crippen LogP contribution in [0.1, 0.15) is 6.92 Å². The van der Waals surface area contributed by atoms with Crippen LogP contribution in [0.15, 0.2) is 67.1 Å². The molecule has 0 saturated heterocycles. The van der Waals surface area contributed by atoms with Gasteiger partial charge in [-0.25, -0.2) is 8.91 Å². The van der Waals surface area contributed by atoms with Crippen LogP contribution < -0.4 is 5.32 Å². The number of aromatic nitrogens is 3. The Morgan fingerprint density at radius 3 is 2.65 bits per heavy atom. The van der Waals surface area contributed by atoms with Crippen LogP contribution in [0, 0.1) is 5.82 Å². The first-order valence-corrected chi connectivity index (χ1v) is 8.07. The van der Waals surface area contributed by atoms with E-state index in [1.807, 2.05) is 30.5 Å². The number of rotatable bonds is 3. The summed E-state index contributed by atoms with van der Waals surface area (Å²) in [6.45, 7) is 1.48. The Hall–Kier alpha value is -3.54. The van der Waals surface area contributed by atoms with Gasteiger partial charge in [0.2, 0.25) is 5.91 Å². The molecule has 1 amide bonds. The van der Waals surface area contributed by atoms with Crippen molar-refractivity contribution in [3.05, 3.63) is 72.9 Å². The lowest BCUT2D eigenvalue weighted by Gasteiger charge is -2.06. The lowest BCUT2D eigenvalue weighted by Crippen LogP contribution is -2.05. The van der Waals surface area contributed by atoms with Gasteiger partial charge < -0.3 is 5.32 Å². The molecule has 1 N–H and O–H groups in total. The molecular weight excluding hydrogens is 331 g/mol. The minimum atomic E-state index is -0.282. The Labute approximate surface area is 149 Å². The van der Waals surface area contributed by atoms with E-state index in [2.05, 4.69) is 15.4 Å². The molecule has 4 rings (SSSR count). The standard InChI is InChI=1S/C20H15FN4O/c1-13(26)24-17-4-2-3-15(9-17)18-10-23-25-12-19(22-11-20(18)25)14-5-7-16(21)8-6-14/h2-12H,1H3,(H,24,26). The van der Waals surface area contributed by atoms with Gasteiger partial charge in [0.05, 0.1) is 29.8 Å². The van der Waals surface area contributed by atoms with Gasteiger partial charge in [0, 0.05) is 23.7 Å². The van der Waals surface area contributed by atoms with Crippen molar-refractivity contribution in [1.82, 2.24) is 14.6 Å². The van der Waals surface area contributed by atoms with Gasteiger partial charge in [-0.05, 0) is 42.0 Å². The third-order valence-electron chi connectivity index (χ3n) is 4.04. The summed E-state index contributed by atoms with van der Waals surface area (Å²) in [6, 6.07) is 13.7. The normalized spacial score (nSPS) is 10.8. The summed E-state index contributed by atoms with van der Waals surface area (Å²) in [6.07, 6.45) is 5.31. The van der Waals surface area contributed by atoms with Crippen molar-refractivity contribution in [2.75, 3.05) is 5.32 Å². The van der Waals surface area contributed by atoms with Crippen molar-refractivity contribution in [2.45, 2.75) is 6.92 Å². The first-order valence-electron chi connectivity index (χ1n) is 8.07. The minimum Gasteiger partial charge on any atom is -0.326 e. The summed E-state index contributed by atoms with van der Waals surface area (Å²) in [5.74, 6) is -0.400. The summed E-state index contributed by atoms with van der Waals surface area (Å²) in [4.78, 5) is 15.7. The number of hydrogen-bond donors (Lipinski definition) is 1. The molecule has 0 unspecified atom stereocenters. The smallest absolute Gasteiger partial charge is 0.221 e. The lowest BCUT2D eigenvalue weighted by atomic mass is 10.1. The highest BCUT2D eigenvalue weighted by Gasteiger charge is 2.10. The van der Waals surface area contributed by atoms with E-state index in [0.717, 1.165) is 27.9 Å². The molecule has 2 aromatic carbocycles. The minimum absolute atomic E-state index is 0.118. The van der Waals surface area contributed by atoms with E-state index in [9.17, 15) is 9.18 Å². The quantitative estimate of drug-likeness (QED) is 0.606. The fourth-order valence-corrected chi connectivity index (χ4v) is 2.84. The number of fused-ring (bicyclic) bond motifs is 1. The molecule has 0 aliphatic carbocycles. The molecule has 0 aliphatic rings. The summed E-state index contributed by atoms with van der Waals surface area (Å²) in [7, 11) is 0. The SMILES string of the molecule is CC(=O)Nc1cccc(-c2cnn3cc(-c4ccc(F)cc4)ncc23)c1. The number of carbonyl (C=O) groups excluding carboxylic acids is 1. The fourth-order valence-electron chi connectivity index (χ4n) is 2.84. The Balaban J connectivity index is 1.74. The summed E-state index contributed by atoms with van der Waals surface area (Å²) in [5.41, 5.74) is 4.94. The number of halogens is 1. The Morgan fingerprint density at radius 2 is 1.88 bits per heavy atom. The molecule has 0 fully saturated rings. The van der Waals surface area contributed by atoms with Gasteiger partial charge in [0.1, 0.15) is 5.82 Å². The molecule has 26 heavy (non-hydrogen) atoms. The van der Waals surface area contributed by atoms with Gasteiger partial charge in [0.15, 0.2) is 0 Å². The Morgan fingerprint density at radius 1 is 1.08 bits per heavy atom. The van der Waals surface area contributed by atoms with E-state index in [1.54, 1.807) is 29.0 Å². The molecular formula is C20H15FN4O. The zero-order chi connectivity index (χ0) is 18.1. The van der Waals surface area contributed by atoms with Gasteiger partial charge >= 0.3 is 0 Å². The van der Waals surface area contributed by atoms with Gasteiger partial charge in [-0.15, -0.1) is 0 Å². The van der Waals surface area contributed by atoms with Crippen LogP contribution in [-0.2, 0) is 4.79 Å². The van der Waals surface area contributed by atoms with Crippen LogP contribution in [-0.4, -0.2) is 20.5 Å². The Kier molecular flexibility index (Phi) is 3.93. The van der Waals surface area contributed by atoms with Gasteiger partial charge in [0.25, 0.3) is 0 Å². The van der Waals surface area contributed by atoms with Crippen molar-refractivity contribution in [3.63, 3.8) is 0 Å². The molecule has 0 radical (unpaired) electrons. The second-order valence-corrected chi connectivity index (χ2v) is 5.93. The highest BCUT2D eigenvalue weighted by molar-refractivity contribution is 5.90. The molecule has 0 saturated carbocycles. The second kappa shape index (κ2) is 6.40. The molecule has 2 heterocycles. The summed E-state index contributed by atoms with van der Waals surface area (Å²) < 4.78 is 14.8. The summed E-state index contributed by atoms with van der Waals surface area (Å²) in [5, 5.41) is 7.18. The largest absolute Gasteiger partial charge is 0.326 e. The lowest BCUT2D eigenvalue weighted by molar-refractivity contribution is -0.114. The van der Waals surface area contributed by atoms with Gasteiger partial charge in [-0.3, -0.25) is 9.78 Å². The van der Waals surface area contributed by atoms with Crippen LogP contribution in [0.25, 0.3) is 27.9 Å². The highest BCUT2D eigenvalue weighted by atomic mass is 19.1. The third-order valence-corrected chi connectivity index (χ3v) is 4.04. The maximum atomic E-state index is 13.1. The monoisotopic (exact) mass is 346 g/mol. The number of nitrogens with one attached hydrogen (secondary N) is 1. The zero-order valence-electron chi connectivity index (χ0n) is 14.0. The van der Waals surface area contributed by atoms with Gasteiger partial charge in [-0.1, -0.05) is 12.1 Å². The fraction of sp³-hybridized carbons (Fsp3) is 0.0500. The van der Waals surface area contributed by atoms with E-state index >= 15 is 0 Å². The van der Waals surface area contributed by atoms with Crippen LogP contribution in [0.4, 0.5) is 10.1 Å². The first kappa shape index (κ1) is 16.0. The number of amides is 1. The second-order valence-electron chi connectivity index (χ2n) is 5.93. The number of nitrogens with zero attached hydrogens (tertiary/aromatic N) is 3. The number of carbonyl (C=O) groups is 1. The number of benzene rings is 2. The van der Waals surface area contributed by atoms with E-state index in [-0.39, 0.29) is 11.7 Å². The molecule has 6 heteroatoms. The van der Waals surface area contributed by atoms with Crippen molar-refractivity contribution in [1.29, 1.82) is 0 Å². The van der Waals surface area contributed by atoms with Crippen molar-refractivity contribution >= 4 is 17.1 Å². The van der Waals surface area contributed by atoms with Crippen LogP contribution in [0.3, 0.4) is 0 Å². The number of hydrogen-bond acceptors (Lipinski definition) is 3. The van der Waals surface area contributed by atoms with Gasteiger partial charge in [-0.2, -0.15) is 5.10 Å². The predicted molar refractivity (Wildman–Crippen MR) is 98.1 cm³/mol. The van der Waals surface area contributed by atoms with Crippen molar-refractivity contribution < 1.29 is 9.18 Å². The summed E-state index contributed by atoms with van der Waals surface area (Å²) >= 11 is 0. The number of anilines is 1. The third kappa shape index (κ3) is 3.04. The zero-order valence-corrected chi connectivity index (χ0v) is 14.0. The Bertz CT molecular complexity index is 1100. The van der Waals surface area contributed by atoms with Crippen LogP contribution in [0.2, 0.25) is 0 Å². The molecule has 2 aromatic heterocycles. The van der Waals surface area contributed by atoms with Crippen LogP contribution >= 0.6 is 0 Å². The molecule has 0 aliphatic heterocycles. The molecule has 0 atom stereocenters. The molecule has 0 spiro atoms. The molecule has 5 nitrogen and oxygen atoms in total. The topological polar surface area (TPSA) is 59.3 Å². The van der Waals surface area contributed by atoms with Crippen molar-refractivity contribution in [2.24, 2.45) is 0 Å². The average Bonchev–Trinajstić information content (AvgIpc) is 3.05. The van der Waals surface area contributed by atoms with E-state index in [0.29, 0.717) is 5.69 Å². The maximum absolute atomic E-state index is 13.1. The predicted octanol–water partition coefficient (Wildman–Crippen LogP) is 4.16. The van der Waals surface area contributed by atoms with E-state index < -0.39 is 0 Å². The molecule has 0 bridgehead atoms. The maximum Gasteiger partial charge on any atom is 0.221 e.